The maximum absolute atomic E-state index is 12.0. The summed E-state index contributed by atoms with van der Waals surface area (Å²) >= 11 is 0. The highest BCUT2D eigenvalue weighted by Gasteiger charge is 2.26. The van der Waals surface area contributed by atoms with Crippen LogP contribution in [-0.2, 0) is 4.84 Å². The third-order valence-corrected chi connectivity index (χ3v) is 4.39. The van der Waals surface area contributed by atoms with E-state index in [4.69, 9.17) is 29.4 Å². The molecular weight excluding hydrogens is 368 g/mol. The molecule has 3 N–H and O–H groups in total. The number of carbonyl (C=O) groups is 1. The van der Waals surface area contributed by atoms with Gasteiger partial charge in [-0.25, -0.2) is 9.32 Å². The molecule has 0 radical (unpaired) electrons. The van der Waals surface area contributed by atoms with Crippen LogP contribution in [-0.4, -0.2) is 27.0 Å². The summed E-state index contributed by atoms with van der Waals surface area (Å²) < 4.78 is 26.8. The average molecular weight is 385 g/mol. The van der Waals surface area contributed by atoms with Crippen LogP contribution in [0.3, 0.4) is 0 Å². The van der Waals surface area contributed by atoms with Gasteiger partial charge in [-0.1, -0.05) is 6.07 Å². The molecule has 3 aromatic rings. The highest BCUT2D eigenvalue weighted by atomic mass is 16.7. The van der Waals surface area contributed by atoms with E-state index >= 15 is 0 Å². The minimum atomic E-state index is -0.711. The Morgan fingerprint density at radius 3 is 2.64 bits per heavy atom. The SMILES string of the molecule is COc1ccc(-c2co[nH+]c2-c2cc(OC)c3c(c2)OCO3)cc1C(=O)ON. The van der Waals surface area contributed by atoms with Gasteiger partial charge in [0.2, 0.25) is 12.5 Å². The predicted molar refractivity (Wildman–Crippen MR) is 95.0 cm³/mol. The van der Waals surface area contributed by atoms with Gasteiger partial charge in [0.15, 0.2) is 17.8 Å². The molecule has 0 unspecified atom stereocenters. The number of rotatable bonds is 5. The molecule has 2 heterocycles. The Balaban J connectivity index is 1.82. The molecule has 4 rings (SSSR count). The molecule has 0 amide bonds. The van der Waals surface area contributed by atoms with Gasteiger partial charge in [-0.2, -0.15) is 5.90 Å². The van der Waals surface area contributed by atoms with E-state index in [2.05, 4.69) is 9.99 Å². The quantitative estimate of drug-likeness (QED) is 0.665. The lowest BCUT2D eigenvalue weighted by Gasteiger charge is -2.08. The van der Waals surface area contributed by atoms with Gasteiger partial charge in [0.1, 0.15) is 16.9 Å². The van der Waals surface area contributed by atoms with Crippen LogP contribution in [0.4, 0.5) is 0 Å². The lowest BCUT2D eigenvalue weighted by molar-refractivity contribution is -0.599. The summed E-state index contributed by atoms with van der Waals surface area (Å²) in [7, 11) is 3.01. The smallest absolute Gasteiger partial charge is 0.360 e. The highest BCUT2D eigenvalue weighted by Crippen LogP contribution is 2.45. The minimum Gasteiger partial charge on any atom is -0.496 e. The van der Waals surface area contributed by atoms with Gasteiger partial charge in [-0.3, -0.25) is 0 Å². The fraction of sp³-hybridized carbons (Fsp3) is 0.158. The number of aromatic nitrogens is 1. The Morgan fingerprint density at radius 1 is 1.07 bits per heavy atom. The number of hydrogen-bond acceptors (Lipinski definition) is 8. The normalized spacial score (nSPS) is 12.0. The zero-order chi connectivity index (χ0) is 19.7. The fourth-order valence-corrected chi connectivity index (χ4v) is 3.06. The number of nitrogens with two attached hydrogens (primary N) is 1. The monoisotopic (exact) mass is 385 g/mol. The molecule has 0 spiro atoms. The van der Waals surface area contributed by atoms with Crippen molar-refractivity contribution in [1.29, 1.82) is 0 Å². The molecule has 0 bridgehead atoms. The van der Waals surface area contributed by atoms with Crippen molar-refractivity contribution in [3.63, 3.8) is 0 Å². The topological polar surface area (TPSA) is 117 Å². The van der Waals surface area contributed by atoms with Gasteiger partial charge in [0, 0.05) is 0 Å². The summed E-state index contributed by atoms with van der Waals surface area (Å²) in [6.45, 7) is 0.125. The Labute approximate surface area is 159 Å². The first-order valence-corrected chi connectivity index (χ1v) is 8.23. The van der Waals surface area contributed by atoms with Crippen molar-refractivity contribution in [2.75, 3.05) is 21.0 Å². The second-order valence-electron chi connectivity index (χ2n) is 5.86. The van der Waals surface area contributed by atoms with Gasteiger partial charge in [0.25, 0.3) is 5.69 Å². The van der Waals surface area contributed by atoms with Crippen LogP contribution in [0.2, 0.25) is 0 Å². The Hall–Kier alpha value is -3.72. The van der Waals surface area contributed by atoms with Gasteiger partial charge < -0.3 is 23.8 Å². The van der Waals surface area contributed by atoms with Crippen molar-refractivity contribution in [1.82, 2.24) is 0 Å². The van der Waals surface area contributed by atoms with Crippen molar-refractivity contribution >= 4 is 5.97 Å². The number of benzene rings is 2. The van der Waals surface area contributed by atoms with Crippen molar-refractivity contribution in [2.45, 2.75) is 0 Å². The molecule has 0 saturated carbocycles. The van der Waals surface area contributed by atoms with Gasteiger partial charge in [-0.05, 0) is 35.0 Å². The number of nitrogens with one attached hydrogen (secondary N) is 1. The van der Waals surface area contributed by atoms with Crippen LogP contribution in [0, 0.1) is 0 Å². The number of methoxy groups -OCH3 is 2. The number of aromatic amines is 1. The summed E-state index contributed by atoms with van der Waals surface area (Å²) in [6, 6.07) is 8.67. The van der Waals surface area contributed by atoms with Crippen molar-refractivity contribution < 1.29 is 38.3 Å². The Bertz CT molecular complexity index is 1040. The van der Waals surface area contributed by atoms with E-state index in [-0.39, 0.29) is 12.4 Å². The second-order valence-corrected chi connectivity index (χ2v) is 5.86. The molecule has 0 aliphatic carbocycles. The van der Waals surface area contributed by atoms with E-state index in [0.29, 0.717) is 39.8 Å². The molecule has 2 aromatic carbocycles. The number of ether oxygens (including phenoxy) is 4. The summed E-state index contributed by atoms with van der Waals surface area (Å²) in [6.07, 6.45) is 1.53. The number of H-pyrrole nitrogens is 1. The summed E-state index contributed by atoms with van der Waals surface area (Å²) in [4.78, 5) is 16.3. The van der Waals surface area contributed by atoms with E-state index in [0.717, 1.165) is 5.56 Å². The minimum absolute atomic E-state index is 0.125. The van der Waals surface area contributed by atoms with Crippen LogP contribution in [0.15, 0.2) is 41.1 Å². The molecule has 9 nitrogen and oxygen atoms in total. The maximum atomic E-state index is 12.0. The molecule has 1 aliphatic heterocycles. The molecule has 9 heteroatoms. The highest BCUT2D eigenvalue weighted by molar-refractivity contribution is 5.94. The third-order valence-electron chi connectivity index (χ3n) is 4.39. The molecule has 0 atom stereocenters. The third kappa shape index (κ3) is 2.87. The fourth-order valence-electron chi connectivity index (χ4n) is 3.06. The summed E-state index contributed by atoms with van der Waals surface area (Å²) in [5.41, 5.74) is 3.00. The van der Waals surface area contributed by atoms with Crippen LogP contribution in [0.1, 0.15) is 10.4 Å². The molecule has 28 heavy (non-hydrogen) atoms. The number of carbonyl (C=O) groups excluding carboxylic acids is 1. The van der Waals surface area contributed by atoms with E-state index < -0.39 is 5.97 Å². The lowest BCUT2D eigenvalue weighted by Crippen LogP contribution is -2.11. The average Bonchev–Trinajstić information content (AvgIpc) is 3.41. The van der Waals surface area contributed by atoms with Crippen molar-refractivity contribution in [2.24, 2.45) is 5.90 Å². The van der Waals surface area contributed by atoms with Gasteiger partial charge in [0.05, 0.1) is 19.8 Å². The first-order chi connectivity index (χ1) is 13.7. The zero-order valence-electron chi connectivity index (χ0n) is 15.1. The number of hydrogen-bond donors (Lipinski definition) is 1. The van der Waals surface area contributed by atoms with Crippen molar-refractivity contribution in [3.8, 4) is 45.4 Å². The first kappa shape index (κ1) is 17.7. The van der Waals surface area contributed by atoms with E-state index in [1.165, 1.54) is 13.4 Å². The van der Waals surface area contributed by atoms with Crippen LogP contribution >= 0.6 is 0 Å². The molecule has 0 saturated heterocycles. The lowest BCUT2D eigenvalue weighted by atomic mass is 9.99. The maximum Gasteiger partial charge on any atom is 0.360 e. The molecule has 1 aromatic heterocycles. The first-order valence-electron chi connectivity index (χ1n) is 8.23. The van der Waals surface area contributed by atoms with Gasteiger partial charge >= 0.3 is 5.97 Å². The predicted octanol–water partition coefficient (Wildman–Crippen LogP) is 2.20. The van der Waals surface area contributed by atoms with Crippen LogP contribution in [0.5, 0.6) is 23.0 Å². The molecular formula is C19H17N2O7+. The second kappa shape index (κ2) is 7.12. The Kier molecular flexibility index (Phi) is 4.50. The van der Waals surface area contributed by atoms with E-state index in [1.54, 1.807) is 31.4 Å². The van der Waals surface area contributed by atoms with E-state index in [1.807, 2.05) is 6.07 Å². The molecule has 1 aliphatic rings. The summed E-state index contributed by atoms with van der Waals surface area (Å²) in [5.74, 6) is 6.32. The molecule has 144 valence electrons. The van der Waals surface area contributed by atoms with E-state index in [9.17, 15) is 4.79 Å². The van der Waals surface area contributed by atoms with Crippen molar-refractivity contribution in [3.05, 3.63) is 42.2 Å². The summed E-state index contributed by atoms with van der Waals surface area (Å²) in [5, 5.41) is 2.86. The van der Waals surface area contributed by atoms with Crippen LogP contribution < -0.4 is 30.0 Å². The Morgan fingerprint density at radius 2 is 1.89 bits per heavy atom. The largest absolute Gasteiger partial charge is 0.496 e. The number of fused-ring (bicyclic) bond motifs is 1. The van der Waals surface area contributed by atoms with Crippen LogP contribution in [0.25, 0.3) is 22.4 Å². The van der Waals surface area contributed by atoms with Gasteiger partial charge in [-0.15, -0.1) is 0 Å². The molecule has 0 fully saturated rings. The zero-order valence-corrected chi connectivity index (χ0v) is 15.1. The standard InChI is InChI=1S/C19H16N2O7/c1-23-14-4-3-10(5-12(14)19(22)28-20)13-8-27-21-17(13)11-6-15(24-2)18-16(7-11)25-9-26-18/h3-8H,9,20H2,1-2H3/p+1.